The van der Waals surface area contributed by atoms with Gasteiger partial charge in [0.25, 0.3) is 0 Å². The van der Waals surface area contributed by atoms with Crippen LogP contribution >= 0.6 is 0 Å². The van der Waals surface area contributed by atoms with Gasteiger partial charge in [-0.15, -0.1) is 0 Å². The van der Waals surface area contributed by atoms with Gasteiger partial charge in [-0.3, -0.25) is 4.79 Å². The highest BCUT2D eigenvalue weighted by atomic mass is 32.2. The van der Waals surface area contributed by atoms with Crippen molar-refractivity contribution in [3.63, 3.8) is 0 Å². The standard InChI is InChI=1S/C13H17NO3S/c1-10-2-6-12(7-3-10)18(16,17)14-9-8-13(15)11-4-5-11/h2-3,6-7,11,14H,4-5,8-9H2,1H3. The van der Waals surface area contributed by atoms with Crippen molar-refractivity contribution in [1.29, 1.82) is 0 Å². The Morgan fingerprint density at radius 3 is 2.44 bits per heavy atom. The molecule has 1 N–H and O–H groups in total. The molecule has 1 aliphatic rings. The van der Waals surface area contributed by atoms with E-state index in [1.54, 1.807) is 24.3 Å². The Morgan fingerprint density at radius 2 is 1.89 bits per heavy atom. The third-order valence-electron chi connectivity index (χ3n) is 3.03. The quantitative estimate of drug-likeness (QED) is 0.852. The first-order chi connectivity index (χ1) is 8.49. The van der Waals surface area contributed by atoms with Gasteiger partial charge in [-0.2, -0.15) is 0 Å². The first-order valence-electron chi connectivity index (χ1n) is 6.08. The Bertz CT molecular complexity index is 530. The molecule has 0 bridgehead atoms. The fraction of sp³-hybridized carbons (Fsp3) is 0.462. The number of sulfonamides is 1. The number of carbonyl (C=O) groups excluding carboxylic acids is 1. The predicted molar refractivity (Wildman–Crippen MR) is 68.7 cm³/mol. The summed E-state index contributed by atoms with van der Waals surface area (Å²) >= 11 is 0. The Morgan fingerprint density at radius 1 is 1.28 bits per heavy atom. The van der Waals surface area contributed by atoms with Crippen molar-refractivity contribution >= 4 is 15.8 Å². The maximum absolute atomic E-state index is 11.9. The van der Waals surface area contributed by atoms with Crippen LogP contribution in [-0.4, -0.2) is 20.7 Å². The van der Waals surface area contributed by atoms with Gasteiger partial charge in [0.2, 0.25) is 10.0 Å². The fourth-order valence-corrected chi connectivity index (χ4v) is 2.75. The highest BCUT2D eigenvalue weighted by Gasteiger charge is 2.28. The van der Waals surface area contributed by atoms with E-state index in [-0.39, 0.29) is 29.6 Å². The lowest BCUT2D eigenvalue weighted by Crippen LogP contribution is -2.26. The van der Waals surface area contributed by atoms with E-state index < -0.39 is 10.0 Å². The molecule has 1 aromatic carbocycles. The van der Waals surface area contributed by atoms with E-state index >= 15 is 0 Å². The summed E-state index contributed by atoms with van der Waals surface area (Å²) in [5.41, 5.74) is 1.01. The lowest BCUT2D eigenvalue weighted by molar-refractivity contribution is -0.120. The van der Waals surface area contributed by atoms with Crippen LogP contribution in [0.25, 0.3) is 0 Å². The Balaban J connectivity index is 1.90. The number of hydrogen-bond acceptors (Lipinski definition) is 3. The molecule has 4 nitrogen and oxygen atoms in total. The first kappa shape index (κ1) is 13.2. The summed E-state index contributed by atoms with van der Waals surface area (Å²) in [4.78, 5) is 11.7. The SMILES string of the molecule is Cc1ccc(S(=O)(=O)NCCC(=O)C2CC2)cc1. The molecule has 0 aromatic heterocycles. The van der Waals surface area contributed by atoms with Crippen molar-refractivity contribution in [3.05, 3.63) is 29.8 Å². The molecule has 0 heterocycles. The second-order valence-electron chi connectivity index (χ2n) is 4.70. The van der Waals surface area contributed by atoms with Crippen LogP contribution in [0.15, 0.2) is 29.2 Å². The van der Waals surface area contributed by atoms with Gasteiger partial charge in [-0.05, 0) is 31.9 Å². The Hall–Kier alpha value is -1.20. The number of benzene rings is 1. The smallest absolute Gasteiger partial charge is 0.240 e. The van der Waals surface area contributed by atoms with Crippen LogP contribution in [0, 0.1) is 12.8 Å². The zero-order valence-electron chi connectivity index (χ0n) is 10.3. The van der Waals surface area contributed by atoms with Crippen molar-refractivity contribution in [3.8, 4) is 0 Å². The molecule has 0 saturated heterocycles. The van der Waals surface area contributed by atoms with Crippen LogP contribution in [0.2, 0.25) is 0 Å². The van der Waals surface area contributed by atoms with Gasteiger partial charge in [0.15, 0.2) is 0 Å². The van der Waals surface area contributed by atoms with Gasteiger partial charge < -0.3 is 0 Å². The van der Waals surface area contributed by atoms with E-state index in [2.05, 4.69) is 4.72 Å². The van der Waals surface area contributed by atoms with Gasteiger partial charge in [-0.1, -0.05) is 17.7 Å². The van der Waals surface area contributed by atoms with Crippen LogP contribution < -0.4 is 4.72 Å². The topological polar surface area (TPSA) is 63.2 Å². The van der Waals surface area contributed by atoms with Crippen molar-refractivity contribution in [1.82, 2.24) is 4.72 Å². The minimum atomic E-state index is -3.48. The molecule has 0 spiro atoms. The van der Waals surface area contributed by atoms with E-state index in [0.29, 0.717) is 0 Å². The molecule has 0 aliphatic heterocycles. The number of hydrogen-bond donors (Lipinski definition) is 1. The minimum absolute atomic E-state index is 0.168. The molecule has 0 atom stereocenters. The van der Waals surface area contributed by atoms with Gasteiger partial charge in [0, 0.05) is 18.9 Å². The maximum Gasteiger partial charge on any atom is 0.240 e. The van der Waals surface area contributed by atoms with Gasteiger partial charge in [-0.25, -0.2) is 13.1 Å². The zero-order chi connectivity index (χ0) is 13.2. The molecule has 98 valence electrons. The van der Waals surface area contributed by atoms with Crippen LogP contribution in [0.4, 0.5) is 0 Å². The molecular weight excluding hydrogens is 250 g/mol. The molecule has 0 unspecified atom stereocenters. The zero-order valence-corrected chi connectivity index (χ0v) is 11.2. The number of nitrogens with one attached hydrogen (secondary N) is 1. The summed E-state index contributed by atoms with van der Waals surface area (Å²) in [6.45, 7) is 2.09. The van der Waals surface area contributed by atoms with Crippen molar-refractivity contribution < 1.29 is 13.2 Å². The summed E-state index contributed by atoms with van der Waals surface area (Å²) in [6.07, 6.45) is 2.21. The average molecular weight is 267 g/mol. The van der Waals surface area contributed by atoms with Gasteiger partial charge >= 0.3 is 0 Å². The minimum Gasteiger partial charge on any atom is -0.299 e. The van der Waals surface area contributed by atoms with Gasteiger partial charge in [0.05, 0.1) is 4.90 Å². The molecule has 1 fully saturated rings. The number of carbonyl (C=O) groups is 1. The summed E-state index contributed by atoms with van der Waals surface area (Å²) in [7, 11) is -3.48. The van der Waals surface area contributed by atoms with Crippen LogP contribution in [0.5, 0.6) is 0 Å². The molecule has 18 heavy (non-hydrogen) atoms. The number of ketones is 1. The molecule has 0 radical (unpaired) electrons. The first-order valence-corrected chi connectivity index (χ1v) is 7.56. The molecule has 1 aliphatic carbocycles. The lowest BCUT2D eigenvalue weighted by atomic mass is 10.2. The molecule has 5 heteroatoms. The average Bonchev–Trinajstić information content (AvgIpc) is 3.13. The summed E-state index contributed by atoms with van der Waals surface area (Å²) < 4.78 is 26.2. The third kappa shape index (κ3) is 3.40. The highest BCUT2D eigenvalue weighted by Crippen LogP contribution is 2.30. The second-order valence-corrected chi connectivity index (χ2v) is 6.47. The predicted octanol–water partition coefficient (Wildman–Crippen LogP) is 1.64. The normalized spacial score (nSPS) is 15.6. The summed E-state index contributed by atoms with van der Waals surface area (Å²) in [6, 6.07) is 6.65. The lowest BCUT2D eigenvalue weighted by Gasteiger charge is -2.06. The molecule has 0 amide bonds. The van der Waals surface area contributed by atoms with E-state index in [0.717, 1.165) is 18.4 Å². The molecule has 2 rings (SSSR count). The number of Topliss-reactive ketones (excluding diaryl/α,β-unsaturated/α-hetero) is 1. The van der Waals surface area contributed by atoms with Crippen molar-refractivity contribution in [2.24, 2.45) is 5.92 Å². The van der Waals surface area contributed by atoms with E-state index in [1.165, 1.54) is 0 Å². The molecular formula is C13H17NO3S. The number of aryl methyl sites for hydroxylation is 1. The molecule has 1 saturated carbocycles. The summed E-state index contributed by atoms with van der Waals surface area (Å²) in [5.74, 6) is 0.357. The van der Waals surface area contributed by atoms with E-state index in [4.69, 9.17) is 0 Å². The molecule has 1 aromatic rings. The van der Waals surface area contributed by atoms with Crippen molar-refractivity contribution in [2.75, 3.05) is 6.54 Å². The van der Waals surface area contributed by atoms with E-state index in [9.17, 15) is 13.2 Å². The second kappa shape index (κ2) is 5.20. The largest absolute Gasteiger partial charge is 0.299 e. The third-order valence-corrected chi connectivity index (χ3v) is 4.50. The Labute approximate surface area is 107 Å². The van der Waals surface area contributed by atoms with E-state index in [1.807, 2.05) is 6.92 Å². The van der Waals surface area contributed by atoms with Crippen molar-refractivity contribution in [2.45, 2.75) is 31.1 Å². The van der Waals surface area contributed by atoms with Crippen LogP contribution in [0.1, 0.15) is 24.8 Å². The van der Waals surface area contributed by atoms with Crippen LogP contribution in [0.3, 0.4) is 0 Å². The maximum atomic E-state index is 11.9. The Kier molecular flexibility index (Phi) is 3.82. The summed E-state index contributed by atoms with van der Waals surface area (Å²) in [5, 5.41) is 0. The van der Waals surface area contributed by atoms with Gasteiger partial charge in [0.1, 0.15) is 5.78 Å². The number of rotatable bonds is 6. The highest BCUT2D eigenvalue weighted by molar-refractivity contribution is 7.89. The van der Waals surface area contributed by atoms with Crippen LogP contribution in [-0.2, 0) is 14.8 Å². The fourth-order valence-electron chi connectivity index (χ4n) is 1.72. The monoisotopic (exact) mass is 267 g/mol.